The molecule has 2 aromatic rings. The molecule has 0 aliphatic carbocycles. The Kier molecular flexibility index (Phi) is 4.09. The highest BCUT2D eigenvalue weighted by molar-refractivity contribution is 7.89. The minimum absolute atomic E-state index is 0.00887. The first-order valence-corrected chi connectivity index (χ1v) is 8.90. The quantitative estimate of drug-likeness (QED) is 0.865. The Morgan fingerprint density at radius 2 is 1.96 bits per heavy atom. The van der Waals surface area contributed by atoms with Crippen LogP contribution in [-0.2, 0) is 15.4 Å². The van der Waals surface area contributed by atoms with Gasteiger partial charge in [-0.25, -0.2) is 18.5 Å². The van der Waals surface area contributed by atoms with Gasteiger partial charge in [0.15, 0.2) is 0 Å². The molecule has 7 heteroatoms. The Morgan fingerprint density at radius 3 is 2.61 bits per heavy atom. The molecule has 1 aromatic carbocycles. The third-order valence-electron chi connectivity index (χ3n) is 4.40. The van der Waals surface area contributed by atoms with Gasteiger partial charge in [0.25, 0.3) is 0 Å². The number of aromatic nitrogens is 1. The molecule has 1 saturated heterocycles. The molecule has 1 aliphatic rings. The third-order valence-corrected chi connectivity index (χ3v) is 5.33. The molecule has 3 rings (SSSR count). The van der Waals surface area contributed by atoms with Crippen molar-refractivity contribution in [3.05, 3.63) is 54.2 Å². The monoisotopic (exact) mass is 333 g/mol. The molecule has 6 nitrogen and oxygen atoms in total. The Balaban J connectivity index is 1.97. The van der Waals surface area contributed by atoms with Crippen LogP contribution in [0.2, 0.25) is 0 Å². The standard InChI is InChI=1S/C16H19N3O3S/c17-23(21,22)14-7-4-9-18-15(14)19-10-8-16(11-19,12-20)13-5-2-1-3-6-13/h1-7,9,20H,8,10-12H2,(H2,17,21,22). The Bertz CT molecular complexity index is 795. The van der Waals surface area contributed by atoms with Gasteiger partial charge in [-0.3, -0.25) is 0 Å². The number of sulfonamides is 1. The van der Waals surface area contributed by atoms with Crippen LogP contribution in [0.25, 0.3) is 0 Å². The summed E-state index contributed by atoms with van der Waals surface area (Å²) in [6.45, 7) is 1.09. The zero-order valence-electron chi connectivity index (χ0n) is 12.6. The molecular formula is C16H19N3O3S. The van der Waals surface area contributed by atoms with E-state index < -0.39 is 15.4 Å². The predicted molar refractivity (Wildman–Crippen MR) is 87.6 cm³/mol. The SMILES string of the molecule is NS(=O)(=O)c1cccnc1N1CCC(CO)(c2ccccc2)C1. The average molecular weight is 333 g/mol. The van der Waals surface area contributed by atoms with Gasteiger partial charge in [-0.1, -0.05) is 30.3 Å². The Morgan fingerprint density at radius 1 is 1.22 bits per heavy atom. The maximum Gasteiger partial charge on any atom is 0.241 e. The number of aliphatic hydroxyl groups excluding tert-OH is 1. The van der Waals surface area contributed by atoms with E-state index in [-0.39, 0.29) is 11.5 Å². The number of pyridine rings is 1. The summed E-state index contributed by atoms with van der Waals surface area (Å²) in [5.41, 5.74) is 0.618. The highest BCUT2D eigenvalue weighted by Crippen LogP contribution is 2.37. The lowest BCUT2D eigenvalue weighted by Crippen LogP contribution is -2.35. The molecule has 1 fully saturated rings. The van der Waals surface area contributed by atoms with Crippen molar-refractivity contribution < 1.29 is 13.5 Å². The van der Waals surface area contributed by atoms with E-state index in [1.165, 1.54) is 6.07 Å². The zero-order chi connectivity index (χ0) is 16.5. The molecule has 1 aromatic heterocycles. The second kappa shape index (κ2) is 5.92. The molecule has 0 radical (unpaired) electrons. The number of nitrogens with zero attached hydrogens (tertiary/aromatic N) is 2. The Labute approximate surface area is 135 Å². The largest absolute Gasteiger partial charge is 0.395 e. The van der Waals surface area contributed by atoms with Gasteiger partial charge in [-0.05, 0) is 24.1 Å². The topological polar surface area (TPSA) is 96.5 Å². The van der Waals surface area contributed by atoms with Gasteiger partial charge in [0.1, 0.15) is 10.7 Å². The highest BCUT2D eigenvalue weighted by Gasteiger charge is 2.40. The van der Waals surface area contributed by atoms with E-state index >= 15 is 0 Å². The van der Waals surface area contributed by atoms with E-state index in [9.17, 15) is 13.5 Å². The molecule has 2 heterocycles. The lowest BCUT2D eigenvalue weighted by molar-refractivity contribution is 0.206. The summed E-state index contributed by atoms with van der Waals surface area (Å²) in [7, 11) is -3.85. The second-order valence-corrected chi connectivity index (χ2v) is 7.38. The number of aliphatic hydroxyl groups is 1. The van der Waals surface area contributed by atoms with Crippen LogP contribution in [0.4, 0.5) is 5.82 Å². The lowest BCUT2D eigenvalue weighted by atomic mass is 9.80. The molecule has 1 atom stereocenters. The van der Waals surface area contributed by atoms with Gasteiger partial charge < -0.3 is 10.0 Å². The van der Waals surface area contributed by atoms with Gasteiger partial charge >= 0.3 is 0 Å². The van der Waals surface area contributed by atoms with Crippen molar-refractivity contribution in [1.82, 2.24) is 4.98 Å². The Hall–Kier alpha value is -1.96. The van der Waals surface area contributed by atoms with Crippen molar-refractivity contribution >= 4 is 15.8 Å². The first kappa shape index (κ1) is 15.9. The summed E-state index contributed by atoms with van der Waals surface area (Å²) in [5.74, 6) is 0.348. The summed E-state index contributed by atoms with van der Waals surface area (Å²) in [6, 6.07) is 12.8. The van der Waals surface area contributed by atoms with Crippen molar-refractivity contribution in [2.75, 3.05) is 24.6 Å². The smallest absolute Gasteiger partial charge is 0.241 e. The number of hydrogen-bond acceptors (Lipinski definition) is 5. The number of nitrogens with two attached hydrogens (primary N) is 1. The normalized spacial score (nSPS) is 21.6. The van der Waals surface area contributed by atoms with Crippen LogP contribution >= 0.6 is 0 Å². The number of benzene rings is 1. The fraction of sp³-hybridized carbons (Fsp3) is 0.312. The van der Waals surface area contributed by atoms with Crippen LogP contribution in [0.15, 0.2) is 53.6 Å². The summed E-state index contributed by atoms with van der Waals surface area (Å²) in [5, 5.41) is 15.3. The molecule has 0 spiro atoms. The molecule has 1 unspecified atom stereocenters. The molecule has 122 valence electrons. The fourth-order valence-corrected chi connectivity index (χ4v) is 3.85. The summed E-state index contributed by atoms with van der Waals surface area (Å²) >= 11 is 0. The van der Waals surface area contributed by atoms with Crippen molar-refractivity contribution in [3.63, 3.8) is 0 Å². The van der Waals surface area contributed by atoms with Crippen LogP contribution in [0.5, 0.6) is 0 Å². The van der Waals surface area contributed by atoms with Gasteiger partial charge in [0.2, 0.25) is 10.0 Å². The minimum Gasteiger partial charge on any atom is -0.395 e. The molecule has 23 heavy (non-hydrogen) atoms. The fourth-order valence-electron chi connectivity index (χ4n) is 3.14. The number of rotatable bonds is 4. The van der Waals surface area contributed by atoms with Gasteiger partial charge in [0, 0.05) is 24.7 Å². The highest BCUT2D eigenvalue weighted by atomic mass is 32.2. The number of hydrogen-bond donors (Lipinski definition) is 2. The van der Waals surface area contributed by atoms with Crippen LogP contribution in [0, 0.1) is 0 Å². The molecule has 0 saturated carbocycles. The molecular weight excluding hydrogens is 314 g/mol. The first-order chi connectivity index (χ1) is 11.0. The van der Waals surface area contributed by atoms with Gasteiger partial charge in [0.05, 0.1) is 6.61 Å². The second-order valence-electron chi connectivity index (χ2n) is 5.85. The molecule has 3 N–H and O–H groups in total. The van der Waals surface area contributed by atoms with E-state index in [1.807, 2.05) is 35.2 Å². The summed E-state index contributed by atoms with van der Waals surface area (Å²) in [6.07, 6.45) is 2.26. The van der Waals surface area contributed by atoms with Gasteiger partial charge in [-0.15, -0.1) is 0 Å². The van der Waals surface area contributed by atoms with Crippen molar-refractivity contribution in [2.45, 2.75) is 16.7 Å². The van der Waals surface area contributed by atoms with Crippen molar-refractivity contribution in [1.29, 1.82) is 0 Å². The molecule has 1 aliphatic heterocycles. The number of anilines is 1. The van der Waals surface area contributed by atoms with Gasteiger partial charge in [-0.2, -0.15) is 0 Å². The molecule has 0 amide bonds. The van der Waals surface area contributed by atoms with E-state index in [4.69, 9.17) is 5.14 Å². The first-order valence-electron chi connectivity index (χ1n) is 7.35. The average Bonchev–Trinajstić information content (AvgIpc) is 3.01. The maximum absolute atomic E-state index is 11.8. The van der Waals surface area contributed by atoms with E-state index in [2.05, 4.69) is 4.98 Å². The minimum atomic E-state index is -3.85. The van der Waals surface area contributed by atoms with E-state index in [0.29, 0.717) is 25.3 Å². The lowest BCUT2D eigenvalue weighted by Gasteiger charge is -2.28. The zero-order valence-corrected chi connectivity index (χ0v) is 13.4. The van der Waals surface area contributed by atoms with Crippen molar-refractivity contribution in [3.8, 4) is 0 Å². The van der Waals surface area contributed by atoms with Crippen LogP contribution in [-0.4, -0.2) is 38.2 Å². The predicted octanol–water partition coefficient (Wildman–Crippen LogP) is 0.869. The van der Waals surface area contributed by atoms with Crippen LogP contribution < -0.4 is 10.0 Å². The van der Waals surface area contributed by atoms with E-state index in [0.717, 1.165) is 5.56 Å². The van der Waals surface area contributed by atoms with Crippen LogP contribution in [0.3, 0.4) is 0 Å². The number of primary sulfonamides is 1. The van der Waals surface area contributed by atoms with Crippen LogP contribution in [0.1, 0.15) is 12.0 Å². The maximum atomic E-state index is 11.8. The summed E-state index contributed by atoms with van der Waals surface area (Å²) in [4.78, 5) is 6.10. The molecule has 0 bridgehead atoms. The summed E-state index contributed by atoms with van der Waals surface area (Å²) < 4.78 is 23.5. The third kappa shape index (κ3) is 2.95. The van der Waals surface area contributed by atoms with Crippen molar-refractivity contribution in [2.24, 2.45) is 5.14 Å². The van der Waals surface area contributed by atoms with E-state index in [1.54, 1.807) is 12.3 Å².